The van der Waals surface area contributed by atoms with E-state index in [2.05, 4.69) is 22.6 Å². The van der Waals surface area contributed by atoms with Crippen molar-refractivity contribution >= 4 is 22.6 Å². The average Bonchev–Trinajstić information content (AvgIpc) is 1.99. The highest BCUT2D eigenvalue weighted by Gasteiger charge is 2.02. The number of nitrogens with two attached hydrogens (primary N) is 2. The Balaban J connectivity index is 3.17. The van der Waals surface area contributed by atoms with Crippen LogP contribution in [0.1, 0.15) is 6.92 Å². The summed E-state index contributed by atoms with van der Waals surface area (Å²) < 4.78 is 6.33. The van der Waals surface area contributed by atoms with Crippen LogP contribution < -0.4 is 11.5 Å². The summed E-state index contributed by atoms with van der Waals surface area (Å²) in [5.41, 5.74) is 10.8. The molecule has 0 aromatic rings. The summed E-state index contributed by atoms with van der Waals surface area (Å²) in [5.74, 6) is 0. The van der Waals surface area contributed by atoms with Gasteiger partial charge in [0.15, 0.2) is 0 Å². The fourth-order valence-corrected chi connectivity index (χ4v) is 0.655. The summed E-state index contributed by atoms with van der Waals surface area (Å²) in [6.07, 6.45) is 0.290. The highest BCUT2D eigenvalue weighted by Crippen LogP contribution is 1.95. The molecule has 0 amide bonds. The Bertz CT molecular complexity index is 72.1. The predicted octanol–water partition coefficient (Wildman–Crippen LogP) is 0.113. The molecule has 0 fully saturated rings. The number of halogens is 1. The second kappa shape index (κ2) is 6.33. The fourth-order valence-electron chi connectivity index (χ4n) is 0.400. The third-order valence-electron chi connectivity index (χ3n) is 1.11. The predicted molar refractivity (Wildman–Crippen MR) is 51.3 cm³/mol. The lowest BCUT2D eigenvalue weighted by molar-refractivity contribution is 0.0745. The normalized spacial score (nSPS) is 16.8. The zero-order valence-electron chi connectivity index (χ0n) is 6.22. The molecule has 2 atom stereocenters. The molecule has 0 bridgehead atoms. The van der Waals surface area contributed by atoms with Crippen LogP contribution in [0.4, 0.5) is 0 Å². The van der Waals surface area contributed by atoms with Crippen molar-refractivity contribution in [3.8, 4) is 0 Å². The maximum absolute atomic E-state index is 5.52. The van der Waals surface area contributed by atoms with E-state index in [1.807, 2.05) is 6.92 Å². The number of hydrogen-bond donors (Lipinski definition) is 2. The molecule has 62 valence electrons. The molecule has 0 saturated carbocycles. The van der Waals surface area contributed by atoms with E-state index in [9.17, 15) is 0 Å². The second-order valence-corrected chi connectivity index (χ2v) is 3.17. The van der Waals surface area contributed by atoms with Gasteiger partial charge in [0.05, 0.1) is 12.7 Å². The Labute approximate surface area is 75.6 Å². The molecule has 0 radical (unpaired) electrons. The molecule has 4 heteroatoms. The van der Waals surface area contributed by atoms with Gasteiger partial charge in [-0.25, -0.2) is 0 Å². The molecule has 0 aliphatic rings. The van der Waals surface area contributed by atoms with Crippen LogP contribution in [-0.4, -0.2) is 29.7 Å². The molecule has 2 unspecified atom stereocenters. The molecule has 0 aromatic heterocycles. The maximum Gasteiger partial charge on any atom is 0.0637 e. The molecule has 0 aliphatic heterocycles. The monoisotopic (exact) mass is 258 g/mol. The standard InChI is InChI=1S/C6H15IN2O/c1-5(2-7)10-4-6(9)3-8/h5-6H,2-4,8-9H2,1H3. The lowest BCUT2D eigenvalue weighted by Crippen LogP contribution is -2.35. The number of rotatable bonds is 5. The van der Waals surface area contributed by atoms with Gasteiger partial charge in [-0.2, -0.15) is 0 Å². The lowest BCUT2D eigenvalue weighted by Gasteiger charge is -2.13. The van der Waals surface area contributed by atoms with Crippen LogP contribution in [0.25, 0.3) is 0 Å². The van der Waals surface area contributed by atoms with Crippen molar-refractivity contribution in [3.05, 3.63) is 0 Å². The van der Waals surface area contributed by atoms with Crippen molar-refractivity contribution in [1.29, 1.82) is 0 Å². The zero-order chi connectivity index (χ0) is 7.98. The number of ether oxygens (including phenoxy) is 1. The molecule has 10 heavy (non-hydrogen) atoms. The summed E-state index contributed by atoms with van der Waals surface area (Å²) in [6.45, 7) is 3.09. The average molecular weight is 258 g/mol. The van der Waals surface area contributed by atoms with Crippen molar-refractivity contribution in [2.45, 2.75) is 19.1 Å². The summed E-state index contributed by atoms with van der Waals surface area (Å²) in [7, 11) is 0. The van der Waals surface area contributed by atoms with Crippen LogP contribution in [0, 0.1) is 0 Å². The Hall–Kier alpha value is 0.610. The third kappa shape index (κ3) is 5.40. The molecular weight excluding hydrogens is 243 g/mol. The molecule has 0 spiro atoms. The molecule has 0 aromatic carbocycles. The van der Waals surface area contributed by atoms with Gasteiger partial charge in [0, 0.05) is 17.0 Å². The zero-order valence-corrected chi connectivity index (χ0v) is 8.37. The van der Waals surface area contributed by atoms with Crippen molar-refractivity contribution in [3.63, 3.8) is 0 Å². The fraction of sp³-hybridized carbons (Fsp3) is 1.00. The molecule has 0 aliphatic carbocycles. The Kier molecular flexibility index (Phi) is 6.71. The molecule has 0 heterocycles. The van der Waals surface area contributed by atoms with Crippen molar-refractivity contribution in [1.82, 2.24) is 0 Å². The van der Waals surface area contributed by atoms with E-state index in [1.54, 1.807) is 0 Å². The van der Waals surface area contributed by atoms with E-state index in [0.29, 0.717) is 13.2 Å². The first-order valence-electron chi connectivity index (χ1n) is 3.34. The molecule has 3 nitrogen and oxygen atoms in total. The first kappa shape index (κ1) is 10.6. The van der Waals surface area contributed by atoms with Gasteiger partial charge in [-0.3, -0.25) is 0 Å². The molecular formula is C6H15IN2O. The van der Waals surface area contributed by atoms with Crippen LogP contribution in [0.5, 0.6) is 0 Å². The maximum atomic E-state index is 5.52. The van der Waals surface area contributed by atoms with Gasteiger partial charge < -0.3 is 16.2 Å². The Morgan fingerprint density at radius 1 is 1.60 bits per heavy atom. The van der Waals surface area contributed by atoms with Gasteiger partial charge in [0.2, 0.25) is 0 Å². The van der Waals surface area contributed by atoms with E-state index < -0.39 is 0 Å². The molecule has 4 N–H and O–H groups in total. The SMILES string of the molecule is CC(CI)OCC(N)CN. The largest absolute Gasteiger partial charge is 0.376 e. The van der Waals surface area contributed by atoms with Crippen LogP contribution in [0.2, 0.25) is 0 Å². The van der Waals surface area contributed by atoms with Crippen LogP contribution in [0.15, 0.2) is 0 Å². The van der Waals surface area contributed by atoms with E-state index in [-0.39, 0.29) is 12.1 Å². The lowest BCUT2D eigenvalue weighted by atomic mass is 10.3. The minimum Gasteiger partial charge on any atom is -0.376 e. The van der Waals surface area contributed by atoms with Gasteiger partial charge in [-0.05, 0) is 6.92 Å². The molecule has 0 rings (SSSR count). The van der Waals surface area contributed by atoms with E-state index in [1.165, 1.54) is 0 Å². The molecule has 0 saturated heterocycles. The highest BCUT2D eigenvalue weighted by molar-refractivity contribution is 14.1. The van der Waals surface area contributed by atoms with Crippen LogP contribution >= 0.6 is 22.6 Å². The van der Waals surface area contributed by atoms with E-state index in [4.69, 9.17) is 16.2 Å². The van der Waals surface area contributed by atoms with Crippen molar-refractivity contribution < 1.29 is 4.74 Å². The van der Waals surface area contributed by atoms with Crippen LogP contribution in [-0.2, 0) is 4.74 Å². The summed E-state index contributed by atoms with van der Waals surface area (Å²) in [6, 6.07) is -0.00889. The Morgan fingerprint density at radius 2 is 2.20 bits per heavy atom. The topological polar surface area (TPSA) is 61.3 Å². The summed E-state index contributed by atoms with van der Waals surface area (Å²) in [4.78, 5) is 0. The number of alkyl halides is 1. The first-order chi connectivity index (χ1) is 4.70. The van der Waals surface area contributed by atoms with Gasteiger partial charge in [0.1, 0.15) is 0 Å². The van der Waals surface area contributed by atoms with Gasteiger partial charge in [-0.15, -0.1) is 0 Å². The Morgan fingerprint density at radius 3 is 2.60 bits per heavy atom. The third-order valence-corrected chi connectivity index (χ3v) is 2.36. The summed E-state index contributed by atoms with van der Waals surface area (Å²) in [5, 5.41) is 0. The number of hydrogen-bond acceptors (Lipinski definition) is 3. The van der Waals surface area contributed by atoms with Gasteiger partial charge in [0.25, 0.3) is 0 Å². The first-order valence-corrected chi connectivity index (χ1v) is 4.86. The minimum absolute atomic E-state index is 0.00889. The highest BCUT2D eigenvalue weighted by atomic mass is 127. The van der Waals surface area contributed by atoms with Crippen LogP contribution in [0.3, 0.4) is 0 Å². The second-order valence-electron chi connectivity index (χ2n) is 2.29. The quantitative estimate of drug-likeness (QED) is 0.543. The van der Waals surface area contributed by atoms with Crippen molar-refractivity contribution in [2.24, 2.45) is 11.5 Å². The smallest absolute Gasteiger partial charge is 0.0637 e. The van der Waals surface area contributed by atoms with Gasteiger partial charge in [-0.1, -0.05) is 22.6 Å². The van der Waals surface area contributed by atoms with Gasteiger partial charge >= 0.3 is 0 Å². The van der Waals surface area contributed by atoms with Crippen molar-refractivity contribution in [2.75, 3.05) is 17.6 Å². The van der Waals surface area contributed by atoms with E-state index >= 15 is 0 Å². The minimum atomic E-state index is -0.00889. The summed E-state index contributed by atoms with van der Waals surface area (Å²) >= 11 is 2.28. The van der Waals surface area contributed by atoms with E-state index in [0.717, 1.165) is 4.43 Å².